The van der Waals surface area contributed by atoms with E-state index in [9.17, 15) is 9.59 Å². The fourth-order valence-electron chi connectivity index (χ4n) is 3.77. The Bertz CT molecular complexity index is 1230. The Balaban J connectivity index is 1.57. The molecule has 0 radical (unpaired) electrons. The summed E-state index contributed by atoms with van der Waals surface area (Å²) < 4.78 is 16.2. The van der Waals surface area contributed by atoms with Crippen LogP contribution in [0.15, 0.2) is 64.1 Å². The van der Waals surface area contributed by atoms with Crippen molar-refractivity contribution >= 4 is 34.8 Å². The highest BCUT2D eigenvalue weighted by Gasteiger charge is 2.41. The first-order valence-electron chi connectivity index (χ1n) is 9.78. The van der Waals surface area contributed by atoms with E-state index < -0.39 is 0 Å². The maximum Gasteiger partial charge on any atom is 0.272 e. The smallest absolute Gasteiger partial charge is 0.272 e. The number of imide groups is 1. The zero-order valence-corrected chi connectivity index (χ0v) is 17.8. The van der Waals surface area contributed by atoms with Crippen LogP contribution in [0.3, 0.4) is 0 Å². The number of hydrogen-bond acceptors (Lipinski definition) is 6. The second-order valence-corrected chi connectivity index (χ2v) is 8.36. The third-order valence-corrected chi connectivity index (χ3v) is 6.34. The van der Waals surface area contributed by atoms with Gasteiger partial charge in [0.2, 0.25) is 6.79 Å². The number of hydrogen-bond donors (Lipinski definition) is 0. The van der Waals surface area contributed by atoms with Crippen LogP contribution in [0.4, 0.5) is 5.69 Å². The van der Waals surface area contributed by atoms with Crippen molar-refractivity contribution in [3.05, 3.63) is 82.1 Å². The molecule has 31 heavy (non-hydrogen) atoms. The maximum atomic E-state index is 13.6. The third-order valence-electron chi connectivity index (χ3n) is 5.25. The van der Waals surface area contributed by atoms with Crippen LogP contribution in [-0.2, 0) is 15.3 Å². The number of nitrogens with zero attached hydrogens (tertiary/aromatic N) is 1. The summed E-state index contributed by atoms with van der Waals surface area (Å²) in [5, 5.41) is 0. The Hall–Kier alpha value is -3.45. The monoisotopic (exact) mass is 433 g/mol. The summed E-state index contributed by atoms with van der Waals surface area (Å²) in [4.78, 5) is 28.6. The van der Waals surface area contributed by atoms with Crippen LogP contribution >= 0.6 is 11.8 Å². The molecule has 2 aliphatic heterocycles. The van der Waals surface area contributed by atoms with Crippen molar-refractivity contribution in [2.45, 2.75) is 19.6 Å². The topological polar surface area (TPSA) is 69.0 Å². The molecule has 156 valence electrons. The fourth-order valence-corrected chi connectivity index (χ4v) is 4.78. The number of aryl methyl sites for hydroxylation is 2. The molecular weight excluding hydrogens is 414 g/mol. The zero-order chi connectivity index (χ0) is 21.5. The first-order valence-corrected chi connectivity index (χ1v) is 10.8. The zero-order valence-electron chi connectivity index (χ0n) is 17.0. The van der Waals surface area contributed by atoms with Crippen LogP contribution in [0.2, 0.25) is 0 Å². The number of thioether (sulfide) groups is 1. The fraction of sp³-hybridized carbons (Fsp3) is 0.167. The number of ether oxygens (including phenoxy) is 2. The third kappa shape index (κ3) is 3.41. The Kier molecular flexibility index (Phi) is 4.82. The van der Waals surface area contributed by atoms with Gasteiger partial charge in [-0.3, -0.25) is 9.59 Å². The lowest BCUT2D eigenvalue weighted by molar-refractivity contribution is -0.119. The molecule has 2 aromatic carbocycles. The quantitative estimate of drug-likeness (QED) is 0.536. The summed E-state index contributed by atoms with van der Waals surface area (Å²) >= 11 is 1.31. The standard InChI is InChI=1S/C24H19NO5S/c1-14-5-7-18(15(2)10-14)21-22(31-12-17-4-3-9-28-17)24(27)25(23(21)26)16-6-8-19-20(11-16)30-13-29-19/h3-11H,12-13H2,1-2H3. The molecule has 3 heterocycles. The number of anilines is 1. The lowest BCUT2D eigenvalue weighted by atomic mass is 9.99. The van der Waals surface area contributed by atoms with Crippen molar-refractivity contribution in [3.63, 3.8) is 0 Å². The normalized spacial score (nSPS) is 15.4. The first-order chi connectivity index (χ1) is 15.0. The average molecular weight is 433 g/mol. The van der Waals surface area contributed by atoms with Gasteiger partial charge in [0.1, 0.15) is 5.76 Å². The van der Waals surface area contributed by atoms with Gasteiger partial charge in [-0.15, -0.1) is 11.8 Å². The number of rotatable bonds is 5. The predicted molar refractivity (Wildman–Crippen MR) is 118 cm³/mol. The molecule has 2 aliphatic rings. The molecule has 0 N–H and O–H groups in total. The van der Waals surface area contributed by atoms with Crippen molar-refractivity contribution < 1.29 is 23.5 Å². The highest BCUT2D eigenvalue weighted by Crippen LogP contribution is 2.43. The van der Waals surface area contributed by atoms with Crippen molar-refractivity contribution in [1.82, 2.24) is 0 Å². The minimum absolute atomic E-state index is 0.122. The Morgan fingerprint density at radius 1 is 0.968 bits per heavy atom. The second-order valence-electron chi connectivity index (χ2n) is 7.37. The summed E-state index contributed by atoms with van der Waals surface area (Å²) in [6.45, 7) is 4.07. The Labute approximate surface area is 183 Å². The molecule has 0 unspecified atom stereocenters. The van der Waals surface area contributed by atoms with Crippen LogP contribution in [0.5, 0.6) is 11.5 Å². The molecule has 2 amide bonds. The van der Waals surface area contributed by atoms with Crippen molar-refractivity contribution in [3.8, 4) is 11.5 Å². The molecule has 7 heteroatoms. The molecule has 0 saturated carbocycles. The van der Waals surface area contributed by atoms with Crippen LogP contribution in [-0.4, -0.2) is 18.6 Å². The van der Waals surface area contributed by atoms with E-state index in [4.69, 9.17) is 13.9 Å². The van der Waals surface area contributed by atoms with Gasteiger partial charge in [-0.25, -0.2) is 4.90 Å². The van der Waals surface area contributed by atoms with Crippen molar-refractivity contribution in [2.75, 3.05) is 11.7 Å². The summed E-state index contributed by atoms with van der Waals surface area (Å²) in [5.41, 5.74) is 3.66. The highest BCUT2D eigenvalue weighted by molar-refractivity contribution is 8.03. The van der Waals surface area contributed by atoms with E-state index in [1.54, 1.807) is 30.5 Å². The molecule has 0 atom stereocenters. The predicted octanol–water partition coefficient (Wildman–Crippen LogP) is 4.84. The number of carbonyl (C=O) groups excluding carboxylic acids is 2. The van der Waals surface area contributed by atoms with Gasteiger partial charge >= 0.3 is 0 Å². The molecule has 0 bridgehead atoms. The van der Waals surface area contributed by atoms with Gasteiger partial charge in [0.25, 0.3) is 11.8 Å². The van der Waals surface area contributed by atoms with Crippen LogP contribution in [0.1, 0.15) is 22.5 Å². The van der Waals surface area contributed by atoms with E-state index in [0.29, 0.717) is 33.4 Å². The van der Waals surface area contributed by atoms with E-state index in [1.165, 1.54) is 16.7 Å². The minimum Gasteiger partial charge on any atom is -0.468 e. The number of furan rings is 1. The number of carbonyl (C=O) groups is 2. The summed E-state index contributed by atoms with van der Waals surface area (Å²) in [7, 11) is 0. The van der Waals surface area contributed by atoms with Gasteiger partial charge in [-0.1, -0.05) is 23.8 Å². The SMILES string of the molecule is Cc1ccc(C2=C(SCc3ccco3)C(=O)N(c3ccc4c(c3)OCO4)C2=O)c(C)c1. The minimum atomic E-state index is -0.351. The molecule has 1 aromatic heterocycles. The summed E-state index contributed by atoms with van der Waals surface area (Å²) in [6, 6.07) is 14.6. The first kappa shape index (κ1) is 19.5. The molecular formula is C24H19NO5S. The lowest BCUT2D eigenvalue weighted by Crippen LogP contribution is -2.31. The summed E-state index contributed by atoms with van der Waals surface area (Å²) in [6.07, 6.45) is 1.59. The van der Waals surface area contributed by atoms with Crippen molar-refractivity contribution in [2.24, 2.45) is 0 Å². The van der Waals surface area contributed by atoms with Crippen LogP contribution in [0.25, 0.3) is 5.57 Å². The number of amides is 2. The van der Waals surface area contributed by atoms with Gasteiger partial charge in [0, 0.05) is 6.07 Å². The summed E-state index contributed by atoms with van der Waals surface area (Å²) in [5.74, 6) is 1.60. The molecule has 0 spiro atoms. The van der Waals surface area contributed by atoms with Gasteiger partial charge in [0.05, 0.1) is 28.2 Å². The molecule has 0 aliphatic carbocycles. The van der Waals surface area contributed by atoms with Crippen LogP contribution in [0, 0.1) is 13.8 Å². The van der Waals surface area contributed by atoms with E-state index in [0.717, 1.165) is 22.5 Å². The van der Waals surface area contributed by atoms with Crippen LogP contribution < -0.4 is 14.4 Å². The van der Waals surface area contributed by atoms with Gasteiger partial charge in [-0.2, -0.15) is 0 Å². The molecule has 5 rings (SSSR count). The molecule has 3 aromatic rings. The Morgan fingerprint density at radius 2 is 1.81 bits per heavy atom. The average Bonchev–Trinajstić information content (AvgIpc) is 3.47. The lowest BCUT2D eigenvalue weighted by Gasteiger charge is -2.16. The maximum absolute atomic E-state index is 13.6. The van der Waals surface area contributed by atoms with Crippen molar-refractivity contribution in [1.29, 1.82) is 0 Å². The van der Waals surface area contributed by atoms with E-state index in [-0.39, 0.29) is 18.6 Å². The van der Waals surface area contributed by atoms with E-state index >= 15 is 0 Å². The van der Waals surface area contributed by atoms with Gasteiger partial charge in [0.15, 0.2) is 11.5 Å². The van der Waals surface area contributed by atoms with Gasteiger partial charge in [-0.05, 0) is 49.2 Å². The number of benzene rings is 2. The second kappa shape index (κ2) is 7.67. The molecule has 0 fully saturated rings. The molecule has 0 saturated heterocycles. The largest absolute Gasteiger partial charge is 0.468 e. The Morgan fingerprint density at radius 3 is 2.58 bits per heavy atom. The van der Waals surface area contributed by atoms with E-state index in [1.807, 2.05) is 38.1 Å². The highest BCUT2D eigenvalue weighted by atomic mass is 32.2. The van der Waals surface area contributed by atoms with E-state index in [2.05, 4.69) is 0 Å². The van der Waals surface area contributed by atoms with Gasteiger partial charge < -0.3 is 13.9 Å². The number of fused-ring (bicyclic) bond motifs is 1. The molecule has 6 nitrogen and oxygen atoms in total.